The molecule has 0 saturated heterocycles. The van der Waals surface area contributed by atoms with Crippen molar-refractivity contribution in [3.8, 4) is 11.4 Å². The van der Waals surface area contributed by atoms with Crippen LogP contribution in [0.4, 0.5) is 5.69 Å². The Morgan fingerprint density at radius 2 is 1.92 bits per heavy atom. The number of methoxy groups -OCH3 is 1. The topological polar surface area (TPSA) is 59.4 Å². The quantitative estimate of drug-likeness (QED) is 0.728. The number of aromatic nitrogens is 2. The summed E-state index contributed by atoms with van der Waals surface area (Å²) in [5.41, 5.74) is 5.89. The van der Waals surface area contributed by atoms with Crippen LogP contribution in [0.15, 0.2) is 60.8 Å². The van der Waals surface area contributed by atoms with Gasteiger partial charge in [-0.05, 0) is 42.8 Å². The smallest absolute Gasteiger partial charge is 0.290 e. The molecule has 1 heterocycles. The highest BCUT2D eigenvalue weighted by Crippen LogP contribution is 2.23. The minimum Gasteiger partial charge on any atom is -0.494 e. The van der Waals surface area contributed by atoms with Crippen LogP contribution in [0.5, 0.6) is 5.75 Å². The highest BCUT2D eigenvalue weighted by Gasteiger charge is 2.14. The van der Waals surface area contributed by atoms with E-state index in [0.29, 0.717) is 11.4 Å². The van der Waals surface area contributed by atoms with Gasteiger partial charge in [0.2, 0.25) is 0 Å². The maximum atomic E-state index is 12.4. The van der Waals surface area contributed by atoms with Gasteiger partial charge in [0.1, 0.15) is 11.4 Å². The van der Waals surface area contributed by atoms with E-state index in [1.54, 1.807) is 36.1 Å². The van der Waals surface area contributed by atoms with Crippen LogP contribution in [-0.2, 0) is 0 Å². The van der Waals surface area contributed by atoms with Gasteiger partial charge in [0.25, 0.3) is 5.91 Å². The van der Waals surface area contributed by atoms with Crippen LogP contribution in [0, 0.1) is 6.92 Å². The fraction of sp³-hybridized carbons (Fsp3) is 0.158. The van der Waals surface area contributed by atoms with Gasteiger partial charge in [0.05, 0.1) is 12.8 Å². The van der Waals surface area contributed by atoms with Gasteiger partial charge in [-0.1, -0.05) is 24.3 Å². The molecule has 0 aliphatic carbocycles. The Bertz CT molecular complexity index is 874. The van der Waals surface area contributed by atoms with Gasteiger partial charge in [-0.3, -0.25) is 15.2 Å². The number of aryl methyl sites for hydroxylation is 1. The predicted octanol–water partition coefficient (Wildman–Crippen LogP) is 2.97. The fourth-order valence-electron chi connectivity index (χ4n) is 2.48. The van der Waals surface area contributed by atoms with Crippen molar-refractivity contribution in [1.82, 2.24) is 15.2 Å². The summed E-state index contributed by atoms with van der Waals surface area (Å²) in [6, 6.07) is 17.1. The van der Waals surface area contributed by atoms with Crippen LogP contribution in [0.3, 0.4) is 0 Å². The second-order valence-electron chi connectivity index (χ2n) is 5.66. The van der Waals surface area contributed by atoms with Crippen LogP contribution >= 0.6 is 0 Å². The zero-order valence-electron chi connectivity index (χ0n) is 14.4. The first-order valence-electron chi connectivity index (χ1n) is 7.89. The molecular weight excluding hydrogens is 316 g/mol. The number of anilines is 1. The monoisotopic (exact) mass is 336 g/mol. The Morgan fingerprint density at radius 1 is 1.16 bits per heavy atom. The number of carbonyl (C=O) groups excluding carboxylic acids is 1. The number of rotatable bonds is 5. The van der Waals surface area contributed by atoms with Crippen molar-refractivity contribution < 1.29 is 9.53 Å². The van der Waals surface area contributed by atoms with Gasteiger partial charge in [-0.2, -0.15) is 5.10 Å². The van der Waals surface area contributed by atoms with E-state index in [2.05, 4.69) is 10.5 Å². The first-order chi connectivity index (χ1) is 12.1. The van der Waals surface area contributed by atoms with E-state index in [-0.39, 0.29) is 5.91 Å². The van der Waals surface area contributed by atoms with E-state index in [1.807, 2.05) is 55.5 Å². The highest BCUT2D eigenvalue weighted by atomic mass is 16.5. The van der Waals surface area contributed by atoms with Gasteiger partial charge < -0.3 is 4.74 Å². The lowest BCUT2D eigenvalue weighted by Gasteiger charge is -2.19. The number of nitrogens with zero attached hydrogens (tertiary/aromatic N) is 3. The van der Waals surface area contributed by atoms with Gasteiger partial charge in [0.15, 0.2) is 5.69 Å². The Kier molecular flexibility index (Phi) is 4.70. The van der Waals surface area contributed by atoms with Crippen molar-refractivity contribution in [3.63, 3.8) is 0 Å². The van der Waals surface area contributed by atoms with E-state index in [1.165, 1.54) is 0 Å². The second-order valence-corrected chi connectivity index (χ2v) is 5.66. The summed E-state index contributed by atoms with van der Waals surface area (Å²) >= 11 is 0. The molecule has 1 amide bonds. The zero-order chi connectivity index (χ0) is 17.8. The van der Waals surface area contributed by atoms with Gasteiger partial charge in [0, 0.05) is 13.2 Å². The molecule has 6 nitrogen and oxygen atoms in total. The molecule has 1 N–H and O–H groups in total. The predicted molar refractivity (Wildman–Crippen MR) is 97.2 cm³/mol. The molecule has 0 saturated carbocycles. The fourth-order valence-corrected chi connectivity index (χ4v) is 2.48. The van der Waals surface area contributed by atoms with Gasteiger partial charge in [-0.25, -0.2) is 4.68 Å². The third kappa shape index (κ3) is 3.63. The molecule has 6 heteroatoms. The molecule has 0 aliphatic rings. The third-order valence-corrected chi connectivity index (χ3v) is 3.82. The van der Waals surface area contributed by atoms with Crippen molar-refractivity contribution in [3.05, 3.63) is 72.1 Å². The second kappa shape index (κ2) is 7.09. The minimum atomic E-state index is -0.281. The zero-order valence-corrected chi connectivity index (χ0v) is 14.4. The number of carbonyl (C=O) groups is 1. The number of benzene rings is 2. The van der Waals surface area contributed by atoms with E-state index in [0.717, 1.165) is 16.9 Å². The molecular formula is C19H20N4O2. The lowest BCUT2D eigenvalue weighted by Crippen LogP contribution is -2.39. The van der Waals surface area contributed by atoms with Crippen LogP contribution < -0.4 is 15.2 Å². The molecule has 0 bridgehead atoms. The van der Waals surface area contributed by atoms with E-state index >= 15 is 0 Å². The van der Waals surface area contributed by atoms with Crippen LogP contribution in [-0.4, -0.2) is 29.8 Å². The maximum absolute atomic E-state index is 12.4. The maximum Gasteiger partial charge on any atom is 0.290 e. The molecule has 3 rings (SSSR count). The first kappa shape index (κ1) is 16.6. The van der Waals surface area contributed by atoms with Crippen molar-refractivity contribution in [2.24, 2.45) is 0 Å². The molecule has 0 radical (unpaired) electrons. The van der Waals surface area contributed by atoms with Crippen LogP contribution in [0.1, 0.15) is 16.1 Å². The Balaban J connectivity index is 1.79. The summed E-state index contributed by atoms with van der Waals surface area (Å²) in [5.74, 6) is 0.416. The summed E-state index contributed by atoms with van der Waals surface area (Å²) in [6.07, 6.45) is 1.74. The van der Waals surface area contributed by atoms with Gasteiger partial charge >= 0.3 is 0 Å². The van der Waals surface area contributed by atoms with E-state index < -0.39 is 0 Å². The molecule has 1 aromatic heterocycles. The standard InChI is InChI=1S/C19H20N4O2/c1-14-9-10-18(25-3)17(13-14)23-12-11-16(20-23)19(24)21-22(2)15-7-5-4-6-8-15/h4-13H,1-3H3,(H,21,24). The molecule has 0 atom stereocenters. The third-order valence-electron chi connectivity index (χ3n) is 3.82. The average molecular weight is 336 g/mol. The molecule has 0 unspecified atom stereocenters. The molecule has 128 valence electrons. The van der Waals surface area contributed by atoms with E-state index in [9.17, 15) is 4.79 Å². The molecule has 2 aromatic carbocycles. The average Bonchev–Trinajstić information content (AvgIpc) is 3.12. The lowest BCUT2D eigenvalue weighted by molar-refractivity contribution is 0.0946. The largest absolute Gasteiger partial charge is 0.494 e. The number of hydrogen-bond donors (Lipinski definition) is 1. The minimum absolute atomic E-state index is 0.281. The summed E-state index contributed by atoms with van der Waals surface area (Å²) in [4.78, 5) is 12.4. The summed E-state index contributed by atoms with van der Waals surface area (Å²) in [6.45, 7) is 1.99. The Labute approximate surface area is 146 Å². The van der Waals surface area contributed by atoms with Crippen LogP contribution in [0.2, 0.25) is 0 Å². The molecule has 0 fully saturated rings. The van der Waals surface area contributed by atoms with Crippen molar-refractivity contribution >= 4 is 11.6 Å². The molecule has 3 aromatic rings. The van der Waals surface area contributed by atoms with Crippen molar-refractivity contribution in [2.45, 2.75) is 6.92 Å². The SMILES string of the molecule is COc1ccc(C)cc1-n1ccc(C(=O)NN(C)c2ccccc2)n1. The normalized spacial score (nSPS) is 10.4. The summed E-state index contributed by atoms with van der Waals surface area (Å²) in [7, 11) is 3.40. The van der Waals surface area contributed by atoms with Crippen molar-refractivity contribution in [1.29, 1.82) is 0 Å². The number of nitrogens with one attached hydrogen (secondary N) is 1. The summed E-state index contributed by atoms with van der Waals surface area (Å²) < 4.78 is 7.02. The summed E-state index contributed by atoms with van der Waals surface area (Å²) in [5, 5.41) is 6.04. The number of para-hydroxylation sites is 1. The Hall–Kier alpha value is -3.28. The molecule has 0 spiro atoms. The van der Waals surface area contributed by atoms with E-state index in [4.69, 9.17) is 4.74 Å². The van der Waals surface area contributed by atoms with Crippen LogP contribution in [0.25, 0.3) is 5.69 Å². The highest BCUT2D eigenvalue weighted by molar-refractivity contribution is 5.93. The molecule has 25 heavy (non-hydrogen) atoms. The number of ether oxygens (including phenoxy) is 1. The molecule has 0 aliphatic heterocycles. The number of hydrogen-bond acceptors (Lipinski definition) is 4. The van der Waals surface area contributed by atoms with Gasteiger partial charge in [-0.15, -0.1) is 0 Å². The Morgan fingerprint density at radius 3 is 2.64 bits per heavy atom. The number of hydrazine groups is 1. The van der Waals surface area contributed by atoms with Crippen molar-refractivity contribution in [2.75, 3.05) is 19.2 Å². The number of amides is 1. The lowest BCUT2D eigenvalue weighted by atomic mass is 10.2. The first-order valence-corrected chi connectivity index (χ1v) is 7.89.